The van der Waals surface area contributed by atoms with Gasteiger partial charge in [-0.1, -0.05) is 49.2 Å². The van der Waals surface area contributed by atoms with E-state index in [1.165, 1.54) is 0 Å². The van der Waals surface area contributed by atoms with Gasteiger partial charge in [-0.05, 0) is 18.9 Å². The fraction of sp³-hybridized carbons (Fsp3) is 0.389. The van der Waals surface area contributed by atoms with Crippen molar-refractivity contribution in [2.24, 2.45) is 0 Å². The largest absolute Gasteiger partial charge is 0.398 e. The van der Waals surface area contributed by atoms with Crippen LogP contribution < -0.4 is 16.6 Å². The number of nitrogens with zero attached hydrogens (tertiary/aromatic N) is 3. The van der Waals surface area contributed by atoms with Crippen LogP contribution in [-0.2, 0) is 4.79 Å². The first-order valence-corrected chi connectivity index (χ1v) is 9.68. The Morgan fingerprint density at radius 3 is 2.70 bits per heavy atom. The molecule has 0 atom stereocenters. The molecule has 9 heteroatoms. The number of hydrogen-bond acceptors (Lipinski definition) is 7. The van der Waals surface area contributed by atoms with E-state index in [9.17, 15) is 14.9 Å². The van der Waals surface area contributed by atoms with Gasteiger partial charge in [0.15, 0.2) is 10.9 Å². The summed E-state index contributed by atoms with van der Waals surface area (Å²) >= 11 is 1.07. The number of aromatic amines is 1. The smallest absolute Gasteiger partial charge is 0.278 e. The fourth-order valence-corrected chi connectivity index (χ4v) is 3.74. The Hall–Kier alpha value is -2.86. The number of H-pyrrole nitrogens is 1. The predicted molar refractivity (Wildman–Crippen MR) is 103 cm³/mol. The van der Waals surface area contributed by atoms with Gasteiger partial charge in [-0.3, -0.25) is 14.6 Å². The highest BCUT2D eigenvalue weighted by molar-refractivity contribution is 7.99. The Bertz CT molecular complexity index is 930. The minimum Gasteiger partial charge on any atom is -0.398 e. The molecule has 1 aromatic heterocycles. The minimum atomic E-state index is -0.774. The minimum absolute atomic E-state index is 0.0425. The van der Waals surface area contributed by atoms with Gasteiger partial charge in [0.2, 0.25) is 5.91 Å². The number of amides is 1. The van der Waals surface area contributed by atoms with Crippen LogP contribution in [0.15, 0.2) is 34.2 Å². The number of anilines is 1. The van der Waals surface area contributed by atoms with Crippen LogP contribution in [0, 0.1) is 11.3 Å². The normalized spacial score (nSPS) is 15.7. The first kappa shape index (κ1) is 18.9. The third-order valence-corrected chi connectivity index (χ3v) is 5.40. The Labute approximate surface area is 160 Å². The fourth-order valence-electron chi connectivity index (χ4n) is 3.13. The molecule has 1 fully saturated rings. The molecule has 140 valence electrons. The topological polar surface area (TPSA) is 138 Å². The van der Waals surface area contributed by atoms with Crippen molar-refractivity contribution in [3.63, 3.8) is 0 Å². The van der Waals surface area contributed by atoms with E-state index in [4.69, 9.17) is 5.73 Å². The molecule has 2 aromatic rings. The van der Waals surface area contributed by atoms with Crippen LogP contribution in [0.3, 0.4) is 0 Å². The van der Waals surface area contributed by atoms with Crippen molar-refractivity contribution in [3.05, 3.63) is 34.6 Å². The maximum atomic E-state index is 12.3. The summed E-state index contributed by atoms with van der Waals surface area (Å²) in [6.45, 7) is 0. The lowest BCUT2D eigenvalue weighted by atomic mass is 9.83. The first-order chi connectivity index (χ1) is 13.0. The molecule has 1 aliphatic rings. The molecule has 1 aliphatic carbocycles. The molecule has 0 unspecified atom stereocenters. The summed E-state index contributed by atoms with van der Waals surface area (Å²) in [5, 5.41) is 20.4. The second-order valence-corrected chi connectivity index (χ2v) is 7.45. The number of carbonyl (C=O) groups excluding carboxylic acids is 1. The summed E-state index contributed by atoms with van der Waals surface area (Å²) < 4.78 is 0. The van der Waals surface area contributed by atoms with Gasteiger partial charge in [0, 0.05) is 11.3 Å². The number of nitriles is 1. The lowest BCUT2D eigenvalue weighted by Gasteiger charge is -2.31. The number of nitrogens with one attached hydrogen (secondary N) is 2. The lowest BCUT2D eigenvalue weighted by molar-refractivity contribution is -0.120. The standard InChI is InChI=1S/C18H20N6O2S/c19-11-18(8-4-1-5-9-18)22-14(25)10-27-17-21-16(26)15(23-24-17)12-6-2-3-7-13(12)20/h2-3,6-7H,1,4-5,8-10,20H2,(H,22,25)(H,21,24,26). The monoisotopic (exact) mass is 384 g/mol. The molecule has 1 saturated carbocycles. The highest BCUT2D eigenvalue weighted by Gasteiger charge is 2.33. The van der Waals surface area contributed by atoms with Crippen LogP contribution in [-0.4, -0.2) is 32.4 Å². The van der Waals surface area contributed by atoms with E-state index in [1.807, 2.05) is 0 Å². The molecule has 1 aromatic carbocycles. The summed E-state index contributed by atoms with van der Waals surface area (Å²) in [6, 6.07) is 9.15. The number of nitrogens with two attached hydrogens (primary N) is 1. The van der Waals surface area contributed by atoms with Crippen LogP contribution in [0.2, 0.25) is 0 Å². The van der Waals surface area contributed by atoms with Gasteiger partial charge in [0.05, 0.1) is 11.8 Å². The Morgan fingerprint density at radius 2 is 2.04 bits per heavy atom. The van der Waals surface area contributed by atoms with Crippen molar-refractivity contribution >= 4 is 23.4 Å². The van der Waals surface area contributed by atoms with Crippen LogP contribution in [0.5, 0.6) is 0 Å². The molecule has 0 saturated heterocycles. The van der Waals surface area contributed by atoms with E-state index >= 15 is 0 Å². The molecule has 1 amide bonds. The zero-order chi connectivity index (χ0) is 19.3. The zero-order valence-corrected chi connectivity index (χ0v) is 15.5. The summed E-state index contributed by atoms with van der Waals surface area (Å²) in [6.07, 6.45) is 4.30. The van der Waals surface area contributed by atoms with Gasteiger partial charge in [0.1, 0.15) is 5.54 Å². The van der Waals surface area contributed by atoms with Gasteiger partial charge in [-0.2, -0.15) is 5.26 Å². The van der Waals surface area contributed by atoms with Crippen LogP contribution in [0.4, 0.5) is 5.69 Å². The third kappa shape index (κ3) is 4.46. The number of rotatable bonds is 5. The quantitative estimate of drug-likeness (QED) is 0.528. The second-order valence-electron chi connectivity index (χ2n) is 6.49. The highest BCUT2D eigenvalue weighted by Crippen LogP contribution is 2.27. The average molecular weight is 384 g/mol. The molecule has 0 spiro atoms. The molecule has 3 rings (SSSR count). The van der Waals surface area contributed by atoms with Gasteiger partial charge in [-0.25, -0.2) is 0 Å². The number of carbonyl (C=O) groups is 1. The SMILES string of the molecule is N#CC1(NC(=O)CSc2nnc(-c3ccccc3N)c(=O)[nH]2)CCCCC1. The number of hydrogen-bond donors (Lipinski definition) is 3. The van der Waals surface area contributed by atoms with Crippen molar-refractivity contribution in [1.29, 1.82) is 5.26 Å². The maximum absolute atomic E-state index is 12.3. The van der Waals surface area contributed by atoms with Gasteiger partial charge >= 0.3 is 0 Å². The van der Waals surface area contributed by atoms with Crippen LogP contribution in [0.25, 0.3) is 11.3 Å². The lowest BCUT2D eigenvalue weighted by Crippen LogP contribution is -2.49. The Morgan fingerprint density at radius 1 is 1.30 bits per heavy atom. The van der Waals surface area contributed by atoms with Crippen molar-refractivity contribution in [3.8, 4) is 17.3 Å². The van der Waals surface area contributed by atoms with Gasteiger partial charge in [-0.15, -0.1) is 10.2 Å². The Kier molecular flexibility index (Phi) is 5.76. The summed E-state index contributed by atoms with van der Waals surface area (Å²) in [5.74, 6) is -0.219. The first-order valence-electron chi connectivity index (χ1n) is 8.70. The predicted octanol–water partition coefficient (Wildman–Crippen LogP) is 1.85. The van der Waals surface area contributed by atoms with E-state index < -0.39 is 11.1 Å². The van der Waals surface area contributed by atoms with Gasteiger partial charge < -0.3 is 11.1 Å². The summed E-state index contributed by atoms with van der Waals surface area (Å²) in [5.41, 5.74) is 5.75. The number of thioether (sulfide) groups is 1. The van der Waals surface area contributed by atoms with Crippen molar-refractivity contribution in [2.45, 2.75) is 42.8 Å². The number of aromatic nitrogens is 3. The molecular formula is C18H20N6O2S. The maximum Gasteiger partial charge on any atom is 0.278 e. The third-order valence-electron chi connectivity index (χ3n) is 4.53. The van der Waals surface area contributed by atoms with E-state index in [1.54, 1.807) is 24.3 Å². The summed E-state index contributed by atoms with van der Waals surface area (Å²) in [4.78, 5) is 27.1. The number of nitrogen functional groups attached to an aromatic ring is 1. The molecule has 0 radical (unpaired) electrons. The van der Waals surface area contributed by atoms with Crippen LogP contribution >= 0.6 is 11.8 Å². The molecule has 0 aliphatic heterocycles. The van der Waals surface area contributed by atoms with Crippen molar-refractivity contribution in [2.75, 3.05) is 11.5 Å². The molecular weight excluding hydrogens is 364 g/mol. The van der Waals surface area contributed by atoms with E-state index in [2.05, 4.69) is 26.6 Å². The molecule has 0 bridgehead atoms. The highest BCUT2D eigenvalue weighted by atomic mass is 32.2. The van der Waals surface area contributed by atoms with Gasteiger partial charge in [0.25, 0.3) is 5.56 Å². The van der Waals surface area contributed by atoms with E-state index in [0.717, 1.165) is 31.0 Å². The van der Waals surface area contributed by atoms with E-state index in [-0.39, 0.29) is 22.5 Å². The van der Waals surface area contributed by atoms with E-state index in [0.29, 0.717) is 24.1 Å². The second kappa shape index (κ2) is 8.22. The summed E-state index contributed by atoms with van der Waals surface area (Å²) in [7, 11) is 0. The zero-order valence-electron chi connectivity index (χ0n) is 14.7. The molecule has 4 N–H and O–H groups in total. The Balaban J connectivity index is 1.64. The molecule has 1 heterocycles. The van der Waals surface area contributed by atoms with Crippen LogP contribution in [0.1, 0.15) is 32.1 Å². The number of benzene rings is 1. The average Bonchev–Trinajstić information content (AvgIpc) is 2.68. The van der Waals surface area contributed by atoms with Crippen molar-refractivity contribution < 1.29 is 4.79 Å². The molecule has 8 nitrogen and oxygen atoms in total. The van der Waals surface area contributed by atoms with Crippen molar-refractivity contribution in [1.82, 2.24) is 20.5 Å². The number of para-hydroxylation sites is 1. The molecule has 27 heavy (non-hydrogen) atoms.